The molecule has 0 aliphatic heterocycles. The molecule has 0 radical (unpaired) electrons. The van der Waals surface area contributed by atoms with Crippen LogP contribution in [0.25, 0.3) is 0 Å². The number of amides is 2. The summed E-state index contributed by atoms with van der Waals surface area (Å²) in [4.78, 5) is 25.1. The Balaban J connectivity index is 1.66. The molecule has 0 fully saturated rings. The molecule has 26 heavy (non-hydrogen) atoms. The molecule has 0 aliphatic carbocycles. The Hall–Kier alpha value is -3.12. The zero-order valence-corrected chi connectivity index (χ0v) is 15.0. The first kappa shape index (κ1) is 17.7. The van der Waals surface area contributed by atoms with Crippen molar-refractivity contribution in [1.82, 2.24) is 5.32 Å². The molecule has 6 heteroatoms. The third-order valence-electron chi connectivity index (χ3n) is 3.60. The second kappa shape index (κ2) is 8.31. The largest absolute Gasteiger partial charge is 0.455 e. The highest BCUT2D eigenvalue weighted by molar-refractivity contribution is 7.12. The number of carbonyl (C=O) groups is 2. The number of anilines is 1. The van der Waals surface area contributed by atoms with Crippen molar-refractivity contribution in [2.75, 3.05) is 5.32 Å². The highest BCUT2D eigenvalue weighted by Crippen LogP contribution is 2.29. The Morgan fingerprint density at radius 2 is 1.69 bits per heavy atom. The molecular formula is C20H18N2O3S. The maximum Gasteiger partial charge on any atom is 0.261 e. The Labute approximate surface area is 155 Å². The minimum Gasteiger partial charge on any atom is -0.455 e. The topological polar surface area (TPSA) is 67.4 Å². The zero-order chi connectivity index (χ0) is 18.4. The number of nitrogens with one attached hydrogen (secondary N) is 2. The molecule has 0 saturated carbocycles. The van der Waals surface area contributed by atoms with Crippen LogP contribution >= 0.6 is 11.3 Å². The molecule has 0 bridgehead atoms. The number of rotatable bonds is 6. The van der Waals surface area contributed by atoms with Crippen LogP contribution in [-0.2, 0) is 4.79 Å². The smallest absolute Gasteiger partial charge is 0.261 e. The van der Waals surface area contributed by atoms with Gasteiger partial charge in [-0.15, -0.1) is 11.3 Å². The summed E-state index contributed by atoms with van der Waals surface area (Å²) in [6, 6.07) is 19.3. The molecule has 0 saturated heterocycles. The van der Waals surface area contributed by atoms with Gasteiger partial charge in [0.25, 0.3) is 5.91 Å². The number of para-hydroxylation sites is 3. The highest BCUT2D eigenvalue weighted by Gasteiger charge is 2.18. The second-order valence-corrected chi connectivity index (χ2v) is 6.52. The summed E-state index contributed by atoms with van der Waals surface area (Å²) in [5.41, 5.74) is 0.540. The van der Waals surface area contributed by atoms with Crippen LogP contribution in [0.15, 0.2) is 72.1 Å². The molecular weight excluding hydrogens is 348 g/mol. The molecule has 132 valence electrons. The van der Waals surface area contributed by atoms with E-state index in [1.807, 2.05) is 47.8 Å². The van der Waals surface area contributed by atoms with Gasteiger partial charge in [-0.2, -0.15) is 0 Å². The normalized spacial score (nSPS) is 11.4. The van der Waals surface area contributed by atoms with E-state index >= 15 is 0 Å². The van der Waals surface area contributed by atoms with Gasteiger partial charge in [0, 0.05) is 0 Å². The lowest BCUT2D eigenvalue weighted by Crippen LogP contribution is -2.41. The standard InChI is InChI=1S/C20H18N2O3S/c1-14(21-20(24)18-12-7-13-26-18)19(23)22-16-10-5-6-11-17(16)25-15-8-3-2-4-9-15/h2-14H,1H3,(H,21,24)(H,22,23). The van der Waals surface area contributed by atoms with Gasteiger partial charge >= 0.3 is 0 Å². The molecule has 1 aromatic heterocycles. The predicted molar refractivity (Wildman–Crippen MR) is 103 cm³/mol. The SMILES string of the molecule is CC(NC(=O)c1cccs1)C(=O)Nc1ccccc1Oc1ccccc1. The molecule has 0 spiro atoms. The Morgan fingerprint density at radius 3 is 2.42 bits per heavy atom. The Bertz CT molecular complexity index is 879. The van der Waals surface area contributed by atoms with Crippen LogP contribution in [0, 0.1) is 0 Å². The molecule has 1 heterocycles. The minimum absolute atomic E-state index is 0.267. The van der Waals surface area contributed by atoms with Crippen molar-refractivity contribution < 1.29 is 14.3 Å². The molecule has 1 atom stereocenters. The van der Waals surface area contributed by atoms with Gasteiger partial charge in [-0.25, -0.2) is 0 Å². The van der Waals surface area contributed by atoms with E-state index in [0.717, 1.165) is 0 Å². The van der Waals surface area contributed by atoms with E-state index in [0.29, 0.717) is 22.1 Å². The molecule has 1 unspecified atom stereocenters. The van der Waals surface area contributed by atoms with Gasteiger partial charge < -0.3 is 15.4 Å². The second-order valence-electron chi connectivity index (χ2n) is 5.57. The monoisotopic (exact) mass is 366 g/mol. The number of thiophene rings is 1. The van der Waals surface area contributed by atoms with Crippen LogP contribution in [0.1, 0.15) is 16.6 Å². The lowest BCUT2D eigenvalue weighted by molar-refractivity contribution is -0.117. The first-order chi connectivity index (χ1) is 12.6. The fraction of sp³-hybridized carbons (Fsp3) is 0.100. The van der Waals surface area contributed by atoms with E-state index in [4.69, 9.17) is 4.74 Å². The summed E-state index contributed by atoms with van der Waals surface area (Å²) < 4.78 is 5.83. The number of hydrogen-bond acceptors (Lipinski definition) is 4. The summed E-state index contributed by atoms with van der Waals surface area (Å²) in [6.07, 6.45) is 0. The van der Waals surface area contributed by atoms with E-state index in [1.54, 1.807) is 31.2 Å². The number of carbonyl (C=O) groups excluding carboxylic acids is 2. The Morgan fingerprint density at radius 1 is 0.962 bits per heavy atom. The number of ether oxygens (including phenoxy) is 1. The van der Waals surface area contributed by atoms with Crippen molar-refractivity contribution >= 4 is 28.8 Å². The van der Waals surface area contributed by atoms with Gasteiger partial charge in [0.1, 0.15) is 11.8 Å². The van der Waals surface area contributed by atoms with E-state index in [9.17, 15) is 9.59 Å². The zero-order valence-electron chi connectivity index (χ0n) is 14.1. The van der Waals surface area contributed by atoms with Crippen LogP contribution in [0.2, 0.25) is 0 Å². The van der Waals surface area contributed by atoms with Crippen LogP contribution in [-0.4, -0.2) is 17.9 Å². The van der Waals surface area contributed by atoms with Crippen LogP contribution in [0.5, 0.6) is 11.5 Å². The molecule has 3 aromatic rings. The fourth-order valence-electron chi connectivity index (χ4n) is 2.26. The highest BCUT2D eigenvalue weighted by atomic mass is 32.1. The van der Waals surface area contributed by atoms with Crippen molar-refractivity contribution in [3.63, 3.8) is 0 Å². The summed E-state index contributed by atoms with van der Waals surface area (Å²) in [7, 11) is 0. The average molecular weight is 366 g/mol. The van der Waals surface area contributed by atoms with E-state index in [2.05, 4.69) is 10.6 Å². The molecule has 2 aromatic carbocycles. The van der Waals surface area contributed by atoms with E-state index in [1.165, 1.54) is 11.3 Å². The van der Waals surface area contributed by atoms with Crippen molar-refractivity contribution in [2.24, 2.45) is 0 Å². The van der Waals surface area contributed by atoms with Crippen LogP contribution in [0.4, 0.5) is 5.69 Å². The fourth-order valence-corrected chi connectivity index (χ4v) is 2.88. The van der Waals surface area contributed by atoms with Crippen molar-refractivity contribution in [3.8, 4) is 11.5 Å². The van der Waals surface area contributed by atoms with Crippen molar-refractivity contribution in [1.29, 1.82) is 0 Å². The van der Waals surface area contributed by atoms with Gasteiger partial charge in [0.2, 0.25) is 5.91 Å². The molecule has 2 N–H and O–H groups in total. The summed E-state index contributed by atoms with van der Waals surface area (Å²) >= 11 is 1.33. The minimum atomic E-state index is -0.686. The third-order valence-corrected chi connectivity index (χ3v) is 4.47. The average Bonchev–Trinajstić information content (AvgIpc) is 3.19. The van der Waals surface area contributed by atoms with E-state index < -0.39 is 6.04 Å². The molecule has 5 nitrogen and oxygen atoms in total. The predicted octanol–water partition coefficient (Wildman–Crippen LogP) is 4.30. The summed E-state index contributed by atoms with van der Waals surface area (Å²) in [5.74, 6) is 0.618. The molecule has 0 aliphatic rings. The van der Waals surface area contributed by atoms with Gasteiger partial charge in [0.05, 0.1) is 10.6 Å². The van der Waals surface area contributed by atoms with E-state index in [-0.39, 0.29) is 11.8 Å². The molecule has 2 amide bonds. The summed E-state index contributed by atoms with van der Waals surface area (Å²) in [5, 5.41) is 7.31. The quantitative estimate of drug-likeness (QED) is 0.684. The van der Waals surface area contributed by atoms with Crippen molar-refractivity contribution in [2.45, 2.75) is 13.0 Å². The first-order valence-electron chi connectivity index (χ1n) is 8.10. The van der Waals surface area contributed by atoms with Gasteiger partial charge in [-0.05, 0) is 42.6 Å². The third kappa shape index (κ3) is 4.49. The maximum atomic E-state index is 12.4. The lowest BCUT2D eigenvalue weighted by atomic mass is 10.2. The maximum absolute atomic E-state index is 12.4. The first-order valence-corrected chi connectivity index (χ1v) is 8.98. The summed E-state index contributed by atoms with van der Waals surface area (Å²) in [6.45, 7) is 1.64. The van der Waals surface area contributed by atoms with Crippen LogP contribution < -0.4 is 15.4 Å². The van der Waals surface area contributed by atoms with Gasteiger partial charge in [-0.3, -0.25) is 9.59 Å². The number of hydrogen-bond donors (Lipinski definition) is 2. The van der Waals surface area contributed by atoms with Crippen molar-refractivity contribution in [3.05, 3.63) is 77.0 Å². The van der Waals surface area contributed by atoms with Gasteiger partial charge in [-0.1, -0.05) is 36.4 Å². The lowest BCUT2D eigenvalue weighted by Gasteiger charge is -2.16. The van der Waals surface area contributed by atoms with Gasteiger partial charge in [0.15, 0.2) is 5.75 Å². The Kier molecular flexibility index (Phi) is 5.66. The molecule has 3 rings (SSSR count). The van der Waals surface area contributed by atoms with Crippen LogP contribution in [0.3, 0.4) is 0 Å². The number of benzene rings is 2.